The minimum Gasteiger partial charge on any atom is -0.772 e. The molecule has 3 rings (SSSR count). The third-order valence-electron chi connectivity index (χ3n) is 8.58. The Balaban J connectivity index is 1.85. The zero-order chi connectivity index (χ0) is 33.7. The molecule has 0 spiro atoms. The maximum atomic E-state index is 15.3. The summed E-state index contributed by atoms with van der Waals surface area (Å²) in [6, 6.07) is 8.52. The van der Waals surface area contributed by atoms with Crippen LogP contribution in [0.3, 0.4) is 0 Å². The van der Waals surface area contributed by atoms with Crippen LogP contribution in [-0.4, -0.2) is 97.2 Å². The second kappa shape index (κ2) is 18.3. The Hall–Kier alpha value is -3.04. The van der Waals surface area contributed by atoms with E-state index in [0.717, 1.165) is 13.5 Å². The fourth-order valence-corrected chi connectivity index (χ4v) is 6.58. The number of halogens is 3. The first-order valence-corrected chi connectivity index (χ1v) is 16.5. The quantitative estimate of drug-likeness (QED) is 0.217. The average molecular weight is 670 g/mol. The molecule has 3 unspecified atom stereocenters. The van der Waals surface area contributed by atoms with E-state index in [2.05, 4.69) is 20.9 Å². The predicted octanol–water partition coefficient (Wildman–Crippen LogP) is 3.83. The molecule has 0 bridgehead atoms. The van der Waals surface area contributed by atoms with Crippen LogP contribution in [0.25, 0.3) is 0 Å². The van der Waals surface area contributed by atoms with E-state index in [1.54, 1.807) is 6.07 Å². The van der Waals surface area contributed by atoms with Gasteiger partial charge in [-0.25, -0.2) is 13.6 Å². The van der Waals surface area contributed by atoms with Crippen LogP contribution in [0.1, 0.15) is 43.2 Å². The molecule has 256 valence electrons. The van der Waals surface area contributed by atoms with Gasteiger partial charge in [-0.2, -0.15) is 0 Å². The third kappa shape index (κ3) is 10.2. The number of carbonyl (C=O) groups excluding carboxylic acids is 2. The number of rotatable bonds is 17. The number of benzene rings is 2. The van der Waals surface area contributed by atoms with E-state index < -0.39 is 52.8 Å². The Bertz CT molecular complexity index is 1310. The van der Waals surface area contributed by atoms with E-state index in [1.807, 2.05) is 7.05 Å². The molecule has 0 aliphatic carbocycles. The number of likely N-dealkylation sites (N-methyl/N-ethyl adjacent to an activating group) is 1. The molecule has 2 amide bonds. The van der Waals surface area contributed by atoms with Gasteiger partial charge in [-0.1, -0.05) is 29.3 Å². The van der Waals surface area contributed by atoms with Gasteiger partial charge < -0.3 is 34.9 Å². The standard InChI is InChI=1S/C32H45F3N4O6S/c1-39-20-24(36-19-25(39)7-5-18-46(42)43)14-15-26-27(35)8-4-9-28(26)37-30(40)29(38-31(41)45-3)32(21-44-2,16-6-17-33)22-10-12-23(34)13-11-22/h4,8-13,24-25,29,36H,5-7,14-21H2,1-3H3,(H,37,40)(H,38,41)(H,42,43)/p-1/t24-,25?,29+,32?/m0/s1. The molecule has 0 aromatic heterocycles. The van der Waals surface area contributed by atoms with Crippen LogP contribution < -0.4 is 16.0 Å². The second-order valence-corrected chi connectivity index (χ2v) is 12.6. The Morgan fingerprint density at radius 2 is 1.89 bits per heavy atom. The van der Waals surface area contributed by atoms with Crippen molar-refractivity contribution in [2.45, 2.75) is 62.1 Å². The fourth-order valence-electron chi connectivity index (χ4n) is 6.17. The molecule has 0 saturated carbocycles. The topological polar surface area (TPSA) is 132 Å². The summed E-state index contributed by atoms with van der Waals surface area (Å²) in [7, 11) is 4.52. The summed E-state index contributed by atoms with van der Waals surface area (Å²) in [6.45, 7) is 0.503. The SMILES string of the molecule is COCC(CCCF)(c1ccc(F)cc1)[C@H](NC(=O)OC)C(=O)Nc1cccc(F)c1CC[C@H]1CN(C)C(CCCS(=O)[O-])CN1. The Labute approximate surface area is 271 Å². The third-order valence-corrected chi connectivity index (χ3v) is 9.20. The molecule has 1 aliphatic heterocycles. The van der Waals surface area contributed by atoms with Gasteiger partial charge in [0.2, 0.25) is 5.91 Å². The van der Waals surface area contributed by atoms with Gasteiger partial charge in [-0.05, 0) is 75.4 Å². The lowest BCUT2D eigenvalue weighted by molar-refractivity contribution is -0.120. The van der Waals surface area contributed by atoms with Crippen molar-refractivity contribution < 1.29 is 41.0 Å². The number of nitrogens with one attached hydrogen (secondary N) is 3. The highest BCUT2D eigenvalue weighted by Gasteiger charge is 2.46. The summed E-state index contributed by atoms with van der Waals surface area (Å²) in [5.74, 6) is -1.62. The highest BCUT2D eigenvalue weighted by Crippen LogP contribution is 2.36. The first-order chi connectivity index (χ1) is 22.0. The number of ether oxygens (including phenoxy) is 2. The zero-order valence-electron chi connectivity index (χ0n) is 26.5. The lowest BCUT2D eigenvalue weighted by Gasteiger charge is -2.40. The molecule has 2 aromatic rings. The lowest BCUT2D eigenvalue weighted by atomic mass is 9.71. The Kier molecular flexibility index (Phi) is 14.9. The molecular formula is C32H44F3N4O6S-. The number of hydrogen-bond donors (Lipinski definition) is 3. The van der Waals surface area contributed by atoms with Crippen LogP contribution >= 0.6 is 0 Å². The van der Waals surface area contributed by atoms with Gasteiger partial charge >= 0.3 is 6.09 Å². The number of hydrogen-bond acceptors (Lipinski definition) is 8. The van der Waals surface area contributed by atoms with Crippen molar-refractivity contribution in [1.29, 1.82) is 0 Å². The normalized spacial score (nSPS) is 19.5. The Morgan fingerprint density at radius 3 is 2.52 bits per heavy atom. The smallest absolute Gasteiger partial charge is 0.407 e. The largest absolute Gasteiger partial charge is 0.772 e. The van der Waals surface area contributed by atoms with Gasteiger partial charge in [0.05, 0.1) is 20.4 Å². The number of piperazine rings is 1. The molecule has 1 aliphatic rings. The van der Waals surface area contributed by atoms with Crippen molar-refractivity contribution in [3.8, 4) is 0 Å². The van der Waals surface area contributed by atoms with E-state index in [4.69, 9.17) is 9.47 Å². The summed E-state index contributed by atoms with van der Waals surface area (Å²) >= 11 is -2.06. The molecule has 1 saturated heterocycles. The molecule has 46 heavy (non-hydrogen) atoms. The molecule has 1 fully saturated rings. The van der Waals surface area contributed by atoms with Gasteiger partial charge in [-0.3, -0.25) is 13.4 Å². The van der Waals surface area contributed by atoms with Gasteiger partial charge in [0.25, 0.3) is 0 Å². The van der Waals surface area contributed by atoms with Crippen molar-refractivity contribution in [3.63, 3.8) is 0 Å². The van der Waals surface area contributed by atoms with Crippen molar-refractivity contribution in [1.82, 2.24) is 15.5 Å². The maximum absolute atomic E-state index is 15.3. The van der Waals surface area contributed by atoms with Crippen molar-refractivity contribution in [3.05, 3.63) is 65.2 Å². The fraction of sp³-hybridized carbons (Fsp3) is 0.562. The zero-order valence-corrected chi connectivity index (χ0v) is 27.3. The molecule has 3 N–H and O–H groups in total. The highest BCUT2D eigenvalue weighted by molar-refractivity contribution is 7.79. The van der Waals surface area contributed by atoms with Crippen molar-refractivity contribution in [2.75, 3.05) is 58.7 Å². The van der Waals surface area contributed by atoms with Crippen LogP contribution in [-0.2, 0) is 37.2 Å². The molecule has 10 nitrogen and oxygen atoms in total. The number of nitrogens with zero attached hydrogens (tertiary/aromatic N) is 1. The van der Waals surface area contributed by atoms with Crippen LogP contribution in [0.2, 0.25) is 0 Å². The molecule has 5 atom stereocenters. The summed E-state index contributed by atoms with van der Waals surface area (Å²) in [6.07, 6.45) is 1.29. The summed E-state index contributed by atoms with van der Waals surface area (Å²) in [5, 5.41) is 8.82. The molecule has 2 aromatic carbocycles. The average Bonchev–Trinajstić information content (AvgIpc) is 3.02. The predicted molar refractivity (Wildman–Crippen MR) is 169 cm³/mol. The number of alkyl carbamates (subject to hydrolysis) is 1. The van der Waals surface area contributed by atoms with E-state index in [1.165, 1.54) is 43.5 Å². The van der Waals surface area contributed by atoms with Crippen LogP contribution in [0, 0.1) is 11.6 Å². The van der Waals surface area contributed by atoms with Crippen LogP contribution in [0.4, 0.5) is 23.7 Å². The molecule has 14 heteroatoms. The van der Waals surface area contributed by atoms with Crippen molar-refractivity contribution >= 4 is 28.8 Å². The van der Waals surface area contributed by atoms with E-state index in [0.29, 0.717) is 31.5 Å². The summed E-state index contributed by atoms with van der Waals surface area (Å²) in [4.78, 5) is 28.8. The molecule has 1 heterocycles. The van der Waals surface area contributed by atoms with Crippen LogP contribution in [0.5, 0.6) is 0 Å². The first kappa shape index (κ1) is 37.4. The van der Waals surface area contributed by atoms with Gasteiger partial charge in [0.15, 0.2) is 0 Å². The monoisotopic (exact) mass is 669 g/mol. The van der Waals surface area contributed by atoms with E-state index >= 15 is 4.39 Å². The number of alkyl halides is 1. The molecular weight excluding hydrogens is 625 g/mol. The van der Waals surface area contributed by atoms with Crippen molar-refractivity contribution in [2.24, 2.45) is 0 Å². The number of amides is 2. The Morgan fingerprint density at radius 1 is 1.15 bits per heavy atom. The first-order valence-electron chi connectivity index (χ1n) is 15.3. The number of methoxy groups -OCH3 is 2. The number of carbonyl (C=O) groups is 2. The van der Waals surface area contributed by atoms with Gasteiger partial charge in [0, 0.05) is 54.7 Å². The van der Waals surface area contributed by atoms with Gasteiger partial charge in [0.1, 0.15) is 17.7 Å². The van der Waals surface area contributed by atoms with Crippen LogP contribution in [0.15, 0.2) is 42.5 Å². The summed E-state index contributed by atoms with van der Waals surface area (Å²) in [5.41, 5.74) is -0.409. The maximum Gasteiger partial charge on any atom is 0.407 e. The van der Waals surface area contributed by atoms with E-state index in [9.17, 15) is 27.1 Å². The highest BCUT2D eigenvalue weighted by atomic mass is 32.2. The van der Waals surface area contributed by atoms with Gasteiger partial charge in [-0.15, -0.1) is 0 Å². The second-order valence-electron chi connectivity index (χ2n) is 11.6. The summed E-state index contributed by atoms with van der Waals surface area (Å²) < 4.78 is 74.8. The molecule has 0 radical (unpaired) electrons. The van der Waals surface area contributed by atoms with E-state index in [-0.39, 0.29) is 55.0 Å². The number of anilines is 1. The minimum atomic E-state index is -2.06. The lowest BCUT2D eigenvalue weighted by Crippen LogP contribution is -2.59. The minimum absolute atomic E-state index is 0.0143.